The second-order valence-corrected chi connectivity index (χ2v) is 2.42. The molecule has 1 N–H and O–H groups in total. The van der Waals surface area contributed by atoms with Crippen LogP contribution in [-0.2, 0) is 0 Å². The number of hydrogen-bond acceptors (Lipinski definition) is 1. The molecule has 2 nitrogen and oxygen atoms in total. The predicted octanol–water partition coefficient (Wildman–Crippen LogP) is -0.222. The third-order valence-corrected chi connectivity index (χ3v) is 1.64. The molecule has 1 heterocycles. The van der Waals surface area contributed by atoms with Gasteiger partial charge in [0.05, 0.1) is 0 Å². The fourth-order valence-corrected chi connectivity index (χ4v) is 1.08. The van der Waals surface area contributed by atoms with E-state index in [0.717, 1.165) is 6.54 Å². The Morgan fingerprint density at radius 1 is 1.67 bits per heavy atom. The maximum absolute atomic E-state index is 12.6. The Bertz CT molecular complexity index is 87.1. The van der Waals surface area contributed by atoms with Crippen LogP contribution in [0.1, 0.15) is 0 Å². The molecule has 0 aromatic rings. The first kappa shape index (κ1) is 6.96. The highest BCUT2D eigenvalue weighted by Gasteiger charge is 2.26. The van der Waals surface area contributed by atoms with E-state index in [4.69, 9.17) is 0 Å². The summed E-state index contributed by atoms with van der Waals surface area (Å²) in [5, 5.41) is 6.89. The standard InChI is InChI=1S/C6H12FN2/c1-8-2-5-3-9-4-6(5)7/h5-6,8H,2-4H2,1H3. The van der Waals surface area contributed by atoms with Gasteiger partial charge in [-0.1, -0.05) is 0 Å². The molecule has 3 heteroatoms. The molecule has 1 fully saturated rings. The van der Waals surface area contributed by atoms with E-state index in [0.29, 0.717) is 13.1 Å². The molecule has 1 radical (unpaired) electrons. The van der Waals surface area contributed by atoms with Crippen LogP contribution in [0, 0.1) is 5.92 Å². The van der Waals surface area contributed by atoms with Crippen LogP contribution in [0.25, 0.3) is 0 Å². The van der Waals surface area contributed by atoms with Gasteiger partial charge in [-0.2, -0.15) is 0 Å². The molecule has 0 aliphatic carbocycles. The maximum Gasteiger partial charge on any atom is 0.119 e. The highest BCUT2D eigenvalue weighted by Crippen LogP contribution is 2.11. The van der Waals surface area contributed by atoms with Crippen molar-refractivity contribution in [3.8, 4) is 0 Å². The van der Waals surface area contributed by atoms with Gasteiger partial charge in [-0.05, 0) is 7.05 Å². The number of halogens is 1. The summed E-state index contributed by atoms with van der Waals surface area (Å²) in [6, 6.07) is 0. The molecule has 0 aromatic heterocycles. The number of nitrogens with zero attached hydrogens (tertiary/aromatic N) is 1. The first-order valence-corrected chi connectivity index (χ1v) is 3.26. The summed E-state index contributed by atoms with van der Waals surface area (Å²) in [7, 11) is 1.84. The van der Waals surface area contributed by atoms with Gasteiger partial charge in [0.1, 0.15) is 6.17 Å². The van der Waals surface area contributed by atoms with Crippen LogP contribution >= 0.6 is 0 Å². The van der Waals surface area contributed by atoms with Crippen LogP contribution in [-0.4, -0.2) is 32.9 Å². The van der Waals surface area contributed by atoms with Crippen molar-refractivity contribution in [1.29, 1.82) is 0 Å². The van der Waals surface area contributed by atoms with Crippen LogP contribution < -0.4 is 10.6 Å². The summed E-state index contributed by atoms with van der Waals surface area (Å²) in [5.41, 5.74) is 0. The van der Waals surface area contributed by atoms with Crippen molar-refractivity contribution in [3.05, 3.63) is 0 Å². The van der Waals surface area contributed by atoms with Crippen molar-refractivity contribution >= 4 is 0 Å². The monoisotopic (exact) mass is 131 g/mol. The smallest absolute Gasteiger partial charge is 0.119 e. The van der Waals surface area contributed by atoms with E-state index in [1.54, 1.807) is 0 Å². The molecule has 1 aliphatic heterocycles. The number of alkyl halides is 1. The quantitative estimate of drug-likeness (QED) is 0.551. The fraction of sp³-hybridized carbons (Fsp3) is 1.00. The molecule has 1 saturated heterocycles. The van der Waals surface area contributed by atoms with Gasteiger partial charge < -0.3 is 5.32 Å². The average Bonchev–Trinajstić information content (AvgIpc) is 2.18. The minimum atomic E-state index is -0.697. The van der Waals surface area contributed by atoms with Gasteiger partial charge in [0, 0.05) is 25.6 Å². The van der Waals surface area contributed by atoms with E-state index in [1.807, 2.05) is 7.05 Å². The molecule has 2 unspecified atom stereocenters. The van der Waals surface area contributed by atoms with Gasteiger partial charge in [0.2, 0.25) is 0 Å². The molecule has 0 spiro atoms. The number of rotatable bonds is 2. The van der Waals surface area contributed by atoms with Crippen LogP contribution in [0.2, 0.25) is 0 Å². The molecule has 0 amide bonds. The SMILES string of the molecule is CNCC1C[N]CC1F. The minimum Gasteiger partial charge on any atom is -0.319 e. The lowest BCUT2D eigenvalue weighted by Crippen LogP contribution is -2.25. The van der Waals surface area contributed by atoms with E-state index in [-0.39, 0.29) is 5.92 Å². The van der Waals surface area contributed by atoms with Gasteiger partial charge in [-0.15, -0.1) is 0 Å². The molecule has 1 aliphatic rings. The molecule has 9 heavy (non-hydrogen) atoms. The van der Waals surface area contributed by atoms with Crippen LogP contribution in [0.5, 0.6) is 0 Å². The fourth-order valence-electron chi connectivity index (χ4n) is 1.08. The van der Waals surface area contributed by atoms with E-state index in [1.165, 1.54) is 0 Å². The van der Waals surface area contributed by atoms with Gasteiger partial charge in [-0.25, -0.2) is 9.71 Å². The van der Waals surface area contributed by atoms with Crippen LogP contribution in [0.4, 0.5) is 4.39 Å². The summed E-state index contributed by atoms with van der Waals surface area (Å²) < 4.78 is 12.6. The topological polar surface area (TPSA) is 26.1 Å². The molecule has 1 rings (SSSR count). The van der Waals surface area contributed by atoms with Crippen molar-refractivity contribution in [2.45, 2.75) is 6.17 Å². The van der Waals surface area contributed by atoms with E-state index >= 15 is 0 Å². The first-order valence-electron chi connectivity index (χ1n) is 3.26. The summed E-state index contributed by atoms with van der Waals surface area (Å²) >= 11 is 0. The Morgan fingerprint density at radius 2 is 2.44 bits per heavy atom. The molecule has 0 aromatic carbocycles. The van der Waals surface area contributed by atoms with Gasteiger partial charge in [0.25, 0.3) is 0 Å². The Balaban J connectivity index is 2.22. The van der Waals surface area contributed by atoms with Crippen molar-refractivity contribution in [2.75, 3.05) is 26.7 Å². The van der Waals surface area contributed by atoms with Gasteiger partial charge in [-0.3, -0.25) is 0 Å². The second kappa shape index (κ2) is 3.13. The third kappa shape index (κ3) is 1.63. The second-order valence-electron chi connectivity index (χ2n) is 2.42. The molecule has 0 bridgehead atoms. The maximum atomic E-state index is 12.6. The zero-order chi connectivity index (χ0) is 6.69. The minimum absolute atomic E-state index is 0.134. The van der Waals surface area contributed by atoms with E-state index in [2.05, 4.69) is 10.6 Å². The van der Waals surface area contributed by atoms with E-state index < -0.39 is 6.17 Å². The molecular formula is C6H12FN2. The van der Waals surface area contributed by atoms with Crippen LogP contribution in [0.3, 0.4) is 0 Å². The van der Waals surface area contributed by atoms with Crippen molar-refractivity contribution in [1.82, 2.24) is 10.6 Å². The summed E-state index contributed by atoms with van der Waals surface area (Å²) in [6.45, 7) is 1.86. The lowest BCUT2D eigenvalue weighted by atomic mass is 10.1. The third-order valence-electron chi connectivity index (χ3n) is 1.64. The summed E-state index contributed by atoms with van der Waals surface area (Å²) in [6.07, 6.45) is -0.697. The van der Waals surface area contributed by atoms with Gasteiger partial charge >= 0.3 is 0 Å². The molecule has 53 valence electrons. The Morgan fingerprint density at radius 3 is 2.89 bits per heavy atom. The lowest BCUT2D eigenvalue weighted by molar-refractivity contribution is 0.280. The zero-order valence-electron chi connectivity index (χ0n) is 5.60. The molecule has 0 saturated carbocycles. The van der Waals surface area contributed by atoms with Crippen molar-refractivity contribution in [3.63, 3.8) is 0 Å². The molecular weight excluding hydrogens is 119 g/mol. The predicted molar refractivity (Wildman–Crippen MR) is 34.2 cm³/mol. The summed E-state index contributed by atoms with van der Waals surface area (Å²) in [5.74, 6) is 0.134. The Hall–Kier alpha value is -0.150. The Kier molecular flexibility index (Phi) is 2.42. The highest BCUT2D eigenvalue weighted by atomic mass is 19.1. The number of hydrogen-bond donors (Lipinski definition) is 1. The average molecular weight is 131 g/mol. The van der Waals surface area contributed by atoms with E-state index in [9.17, 15) is 4.39 Å². The van der Waals surface area contributed by atoms with Crippen molar-refractivity contribution < 1.29 is 4.39 Å². The van der Waals surface area contributed by atoms with Crippen molar-refractivity contribution in [2.24, 2.45) is 5.92 Å². The normalized spacial score (nSPS) is 35.3. The Labute approximate surface area is 54.8 Å². The van der Waals surface area contributed by atoms with Gasteiger partial charge in [0.15, 0.2) is 0 Å². The lowest BCUT2D eigenvalue weighted by Gasteiger charge is -2.08. The highest BCUT2D eigenvalue weighted by molar-refractivity contribution is 4.81. The first-order chi connectivity index (χ1) is 4.34. The molecule has 2 atom stereocenters. The van der Waals surface area contributed by atoms with Crippen LogP contribution in [0.15, 0.2) is 0 Å². The largest absolute Gasteiger partial charge is 0.319 e. The summed E-state index contributed by atoms with van der Waals surface area (Å²) in [4.78, 5) is 0. The zero-order valence-corrected chi connectivity index (χ0v) is 5.60. The number of nitrogens with one attached hydrogen (secondary N) is 1.